The molecule has 0 fully saturated rings. The second-order valence-electron chi connectivity index (χ2n) is 4.81. The standard InChI is InChI=1S/C15H14N4O3S/c16-9-3-4-12-11(6-9)19(8-14(20)18-17)15(21)13(22-12)7-10-2-1-5-23-10/h1-7H,8,16-17H2,(H,18,20)/b13-7+. The maximum atomic E-state index is 12.7. The Morgan fingerprint density at radius 1 is 1.39 bits per heavy atom. The summed E-state index contributed by atoms with van der Waals surface area (Å²) in [5.41, 5.74) is 8.68. The molecule has 0 atom stereocenters. The number of rotatable bonds is 3. The molecule has 0 bridgehead atoms. The molecule has 0 radical (unpaired) electrons. The topological polar surface area (TPSA) is 111 Å². The first kappa shape index (κ1) is 15.1. The van der Waals surface area contributed by atoms with E-state index in [0.717, 1.165) is 4.88 Å². The zero-order valence-electron chi connectivity index (χ0n) is 12.0. The van der Waals surface area contributed by atoms with Crippen LogP contribution in [0.4, 0.5) is 11.4 Å². The normalized spacial score (nSPS) is 15.3. The van der Waals surface area contributed by atoms with Gasteiger partial charge in [-0.3, -0.25) is 19.9 Å². The summed E-state index contributed by atoms with van der Waals surface area (Å²) in [6, 6.07) is 8.65. The van der Waals surface area contributed by atoms with Crippen molar-refractivity contribution in [1.82, 2.24) is 5.43 Å². The summed E-state index contributed by atoms with van der Waals surface area (Å²) in [5, 5.41) is 1.90. The van der Waals surface area contributed by atoms with Crippen LogP contribution in [0.3, 0.4) is 0 Å². The predicted octanol–water partition coefficient (Wildman–Crippen LogP) is 1.09. The van der Waals surface area contributed by atoms with Gasteiger partial charge >= 0.3 is 0 Å². The van der Waals surface area contributed by atoms with Gasteiger partial charge in [0.25, 0.3) is 11.8 Å². The van der Waals surface area contributed by atoms with Crippen molar-refractivity contribution in [3.8, 4) is 5.75 Å². The van der Waals surface area contributed by atoms with Crippen LogP contribution in [0.15, 0.2) is 41.5 Å². The lowest BCUT2D eigenvalue weighted by Gasteiger charge is -2.30. The van der Waals surface area contributed by atoms with E-state index in [1.54, 1.807) is 24.3 Å². The van der Waals surface area contributed by atoms with E-state index in [1.807, 2.05) is 22.9 Å². The lowest BCUT2D eigenvalue weighted by atomic mass is 10.2. The van der Waals surface area contributed by atoms with E-state index in [1.165, 1.54) is 16.2 Å². The molecule has 2 aromatic rings. The number of hydrogen-bond donors (Lipinski definition) is 3. The smallest absolute Gasteiger partial charge is 0.294 e. The first-order valence-corrected chi connectivity index (χ1v) is 7.60. The number of nitrogens with two attached hydrogens (primary N) is 2. The maximum Gasteiger partial charge on any atom is 0.294 e. The number of fused-ring (bicyclic) bond motifs is 1. The molecule has 8 heteroatoms. The Balaban J connectivity index is 2.04. The van der Waals surface area contributed by atoms with Crippen molar-refractivity contribution in [1.29, 1.82) is 0 Å². The van der Waals surface area contributed by atoms with Crippen molar-refractivity contribution in [2.75, 3.05) is 17.2 Å². The molecule has 1 aliphatic heterocycles. The molecule has 5 N–H and O–H groups in total. The van der Waals surface area contributed by atoms with Crippen LogP contribution in [-0.4, -0.2) is 18.4 Å². The number of carbonyl (C=O) groups is 2. The van der Waals surface area contributed by atoms with Gasteiger partial charge in [0.1, 0.15) is 6.54 Å². The van der Waals surface area contributed by atoms with Crippen LogP contribution < -0.4 is 26.6 Å². The molecule has 2 heterocycles. The summed E-state index contributed by atoms with van der Waals surface area (Å²) in [7, 11) is 0. The van der Waals surface area contributed by atoms with Crippen molar-refractivity contribution in [2.24, 2.45) is 5.84 Å². The van der Waals surface area contributed by atoms with Crippen molar-refractivity contribution in [3.05, 3.63) is 46.3 Å². The molecule has 0 spiro atoms. The van der Waals surface area contributed by atoms with E-state index in [0.29, 0.717) is 17.1 Å². The van der Waals surface area contributed by atoms with Crippen molar-refractivity contribution in [3.63, 3.8) is 0 Å². The van der Waals surface area contributed by atoms with Gasteiger partial charge < -0.3 is 10.5 Å². The molecule has 118 valence electrons. The van der Waals surface area contributed by atoms with Gasteiger partial charge in [-0.15, -0.1) is 11.3 Å². The minimum Gasteiger partial charge on any atom is -0.449 e. The van der Waals surface area contributed by atoms with E-state index in [4.69, 9.17) is 16.3 Å². The molecule has 0 unspecified atom stereocenters. The highest BCUT2D eigenvalue weighted by molar-refractivity contribution is 7.10. The monoisotopic (exact) mass is 330 g/mol. The Morgan fingerprint density at radius 3 is 2.91 bits per heavy atom. The van der Waals surface area contributed by atoms with Gasteiger partial charge in [-0.1, -0.05) is 6.07 Å². The Bertz CT molecular complexity index is 786. The van der Waals surface area contributed by atoms with Gasteiger partial charge in [0, 0.05) is 16.6 Å². The molecule has 0 saturated heterocycles. The molecule has 0 saturated carbocycles. The van der Waals surface area contributed by atoms with Crippen LogP contribution in [0.2, 0.25) is 0 Å². The predicted molar refractivity (Wildman–Crippen MR) is 88.5 cm³/mol. The number of nitrogens with zero attached hydrogens (tertiary/aromatic N) is 1. The fourth-order valence-electron chi connectivity index (χ4n) is 2.18. The number of amides is 2. The highest BCUT2D eigenvalue weighted by Crippen LogP contribution is 2.37. The van der Waals surface area contributed by atoms with E-state index in [9.17, 15) is 9.59 Å². The number of thiophene rings is 1. The van der Waals surface area contributed by atoms with E-state index in [2.05, 4.69) is 0 Å². The van der Waals surface area contributed by atoms with E-state index in [-0.39, 0.29) is 12.3 Å². The quantitative estimate of drug-likeness (QED) is 0.256. The SMILES string of the molecule is NNC(=O)CN1C(=O)/C(=C\c2cccs2)Oc2ccc(N)cc21. The number of ether oxygens (including phenoxy) is 1. The number of hydrogen-bond acceptors (Lipinski definition) is 6. The third-order valence-corrected chi connectivity index (χ3v) is 4.05. The molecular formula is C15H14N4O3S. The maximum absolute atomic E-state index is 12.7. The first-order valence-electron chi connectivity index (χ1n) is 6.72. The van der Waals surface area contributed by atoms with Crippen LogP contribution in [0.5, 0.6) is 5.75 Å². The highest BCUT2D eigenvalue weighted by atomic mass is 32.1. The summed E-state index contributed by atoms with van der Waals surface area (Å²) in [6.45, 7) is -0.225. The molecule has 0 aliphatic carbocycles. The van der Waals surface area contributed by atoms with Gasteiger partial charge in [-0.25, -0.2) is 5.84 Å². The number of carbonyl (C=O) groups excluding carboxylic acids is 2. The van der Waals surface area contributed by atoms with Gasteiger partial charge in [-0.2, -0.15) is 0 Å². The van der Waals surface area contributed by atoms with Gasteiger partial charge in [0.15, 0.2) is 11.5 Å². The molecular weight excluding hydrogens is 316 g/mol. The zero-order valence-corrected chi connectivity index (χ0v) is 12.8. The Labute approximate surface area is 136 Å². The van der Waals surface area contributed by atoms with Crippen molar-refractivity contribution < 1.29 is 14.3 Å². The first-order chi connectivity index (χ1) is 11.1. The molecule has 1 aromatic carbocycles. The largest absolute Gasteiger partial charge is 0.449 e. The van der Waals surface area contributed by atoms with Gasteiger partial charge in [0.2, 0.25) is 0 Å². The fourth-order valence-corrected chi connectivity index (χ4v) is 2.82. The molecule has 1 aliphatic rings. The number of benzene rings is 1. The van der Waals surface area contributed by atoms with Crippen LogP contribution in [0, 0.1) is 0 Å². The molecule has 23 heavy (non-hydrogen) atoms. The summed E-state index contributed by atoms with van der Waals surface area (Å²) >= 11 is 1.48. The third kappa shape index (κ3) is 3.03. The van der Waals surface area contributed by atoms with Crippen molar-refractivity contribution >= 4 is 40.6 Å². The lowest BCUT2D eigenvalue weighted by Crippen LogP contribution is -2.45. The second kappa shape index (κ2) is 6.11. The summed E-state index contributed by atoms with van der Waals surface area (Å²) < 4.78 is 5.68. The summed E-state index contributed by atoms with van der Waals surface area (Å²) in [5.74, 6) is 4.78. The molecule has 1 aromatic heterocycles. The third-order valence-electron chi connectivity index (χ3n) is 3.23. The van der Waals surface area contributed by atoms with E-state index < -0.39 is 11.8 Å². The second-order valence-corrected chi connectivity index (χ2v) is 5.79. The minimum absolute atomic E-state index is 0.134. The van der Waals surface area contributed by atoms with E-state index >= 15 is 0 Å². The number of hydrazine groups is 1. The van der Waals surface area contributed by atoms with Gasteiger partial charge in [0.05, 0.1) is 5.69 Å². The van der Waals surface area contributed by atoms with Gasteiger partial charge in [-0.05, 0) is 29.6 Å². The fraction of sp³-hybridized carbons (Fsp3) is 0.0667. The Hall–Kier alpha value is -2.84. The van der Waals surface area contributed by atoms with Crippen LogP contribution in [-0.2, 0) is 9.59 Å². The highest BCUT2D eigenvalue weighted by Gasteiger charge is 2.31. The van der Waals surface area contributed by atoms with Crippen LogP contribution >= 0.6 is 11.3 Å². The average molecular weight is 330 g/mol. The Morgan fingerprint density at radius 2 is 2.22 bits per heavy atom. The molecule has 3 rings (SSSR count). The molecule has 2 amide bonds. The van der Waals surface area contributed by atoms with Crippen LogP contribution in [0.25, 0.3) is 6.08 Å². The average Bonchev–Trinajstić information content (AvgIpc) is 3.04. The van der Waals surface area contributed by atoms with Crippen molar-refractivity contribution in [2.45, 2.75) is 0 Å². The number of nitrogens with one attached hydrogen (secondary N) is 1. The summed E-state index contributed by atoms with van der Waals surface area (Å²) in [6.07, 6.45) is 1.64. The summed E-state index contributed by atoms with van der Waals surface area (Å²) in [4.78, 5) is 26.4. The minimum atomic E-state index is -0.496. The Kier molecular flexibility index (Phi) is 4.00. The lowest BCUT2D eigenvalue weighted by molar-refractivity contribution is -0.123. The number of nitrogen functional groups attached to an aromatic ring is 1. The molecule has 7 nitrogen and oxygen atoms in total. The van der Waals surface area contributed by atoms with Crippen LogP contribution in [0.1, 0.15) is 4.88 Å². The number of anilines is 2. The zero-order chi connectivity index (χ0) is 16.4.